The normalized spacial score (nSPS) is 22.4. The van der Waals surface area contributed by atoms with Crippen LogP contribution in [0.15, 0.2) is 0 Å². The fourth-order valence-corrected chi connectivity index (χ4v) is 4.22. The van der Waals surface area contributed by atoms with Gasteiger partial charge in [-0.3, -0.25) is 4.79 Å². The average molecular weight is 283 g/mol. The van der Waals surface area contributed by atoms with Gasteiger partial charge < -0.3 is 4.90 Å². The minimum absolute atomic E-state index is 0.422. The molecule has 0 bridgehead atoms. The van der Waals surface area contributed by atoms with E-state index < -0.39 is 0 Å². The van der Waals surface area contributed by atoms with Gasteiger partial charge in [0.05, 0.1) is 5.75 Å². The van der Waals surface area contributed by atoms with Crippen molar-refractivity contribution in [2.75, 3.05) is 11.5 Å². The Kier molecular flexibility index (Phi) is 6.55. The second kappa shape index (κ2) is 8.18. The van der Waals surface area contributed by atoms with Gasteiger partial charge in [-0.2, -0.15) is 11.8 Å². The molecule has 0 aliphatic heterocycles. The van der Waals surface area contributed by atoms with Crippen molar-refractivity contribution in [3.63, 3.8) is 0 Å². The zero-order valence-corrected chi connectivity index (χ0v) is 13.2. The molecule has 0 aromatic heterocycles. The Morgan fingerprint density at radius 2 is 1.42 bits per heavy atom. The van der Waals surface area contributed by atoms with Gasteiger partial charge in [0.15, 0.2) is 0 Å². The number of thioether (sulfide) groups is 1. The first-order chi connectivity index (χ1) is 9.33. The Balaban J connectivity index is 1.99. The van der Waals surface area contributed by atoms with Gasteiger partial charge in [0.1, 0.15) is 0 Å². The first-order valence-electron chi connectivity index (χ1n) is 8.22. The summed E-state index contributed by atoms with van der Waals surface area (Å²) >= 11 is 1.78. The van der Waals surface area contributed by atoms with E-state index >= 15 is 0 Å². The number of nitrogens with zero attached hydrogens (tertiary/aromatic N) is 1. The lowest BCUT2D eigenvalue weighted by atomic mass is 9.88. The van der Waals surface area contributed by atoms with E-state index in [4.69, 9.17) is 0 Å². The molecule has 0 heterocycles. The second-order valence-electron chi connectivity index (χ2n) is 6.02. The lowest BCUT2D eigenvalue weighted by molar-refractivity contribution is -0.135. The molecule has 0 spiro atoms. The summed E-state index contributed by atoms with van der Waals surface area (Å²) in [5, 5.41) is 0. The fraction of sp³-hybridized carbons (Fsp3) is 0.938. The molecule has 2 aliphatic rings. The highest BCUT2D eigenvalue weighted by Gasteiger charge is 2.31. The second-order valence-corrected chi connectivity index (χ2v) is 7.30. The van der Waals surface area contributed by atoms with E-state index in [9.17, 15) is 4.79 Å². The quantitative estimate of drug-likeness (QED) is 0.752. The molecule has 2 aliphatic carbocycles. The summed E-state index contributed by atoms with van der Waals surface area (Å²) in [6.45, 7) is 2.14. The zero-order chi connectivity index (χ0) is 13.5. The maximum absolute atomic E-state index is 12.6. The van der Waals surface area contributed by atoms with Crippen molar-refractivity contribution >= 4 is 17.7 Å². The molecular weight excluding hydrogens is 254 g/mol. The molecule has 19 heavy (non-hydrogen) atoms. The molecule has 3 heteroatoms. The molecule has 1 amide bonds. The third-order valence-corrected chi connectivity index (χ3v) is 5.51. The molecule has 2 saturated carbocycles. The average Bonchev–Trinajstić information content (AvgIpc) is 2.47. The zero-order valence-electron chi connectivity index (χ0n) is 12.4. The van der Waals surface area contributed by atoms with Gasteiger partial charge in [-0.15, -0.1) is 0 Å². The third kappa shape index (κ3) is 4.40. The molecule has 0 saturated heterocycles. The van der Waals surface area contributed by atoms with Crippen molar-refractivity contribution < 1.29 is 4.79 Å². The van der Waals surface area contributed by atoms with Gasteiger partial charge >= 0.3 is 0 Å². The molecule has 0 N–H and O–H groups in total. The summed E-state index contributed by atoms with van der Waals surface area (Å²) in [5.74, 6) is 2.17. The Labute approximate surface area is 122 Å². The van der Waals surface area contributed by atoms with Gasteiger partial charge in [-0.25, -0.2) is 0 Å². The standard InChI is InChI=1S/C16H29NOS/c1-2-19-13-16(18)17(14-9-5-3-6-10-14)15-11-7-4-8-12-15/h14-15H,2-13H2,1H3. The van der Waals surface area contributed by atoms with Crippen LogP contribution >= 0.6 is 11.8 Å². The maximum Gasteiger partial charge on any atom is 0.233 e. The predicted octanol–water partition coefficient (Wildman–Crippen LogP) is 4.23. The molecule has 0 radical (unpaired) electrons. The van der Waals surface area contributed by atoms with Gasteiger partial charge in [0, 0.05) is 12.1 Å². The summed E-state index contributed by atoms with van der Waals surface area (Å²) < 4.78 is 0. The first kappa shape index (κ1) is 15.2. The Morgan fingerprint density at radius 3 is 1.84 bits per heavy atom. The molecule has 2 nitrogen and oxygen atoms in total. The Morgan fingerprint density at radius 1 is 0.947 bits per heavy atom. The molecule has 2 rings (SSSR count). The lowest BCUT2D eigenvalue weighted by Crippen LogP contribution is -2.49. The van der Waals surface area contributed by atoms with Gasteiger partial charge in [-0.1, -0.05) is 45.4 Å². The lowest BCUT2D eigenvalue weighted by Gasteiger charge is -2.41. The predicted molar refractivity (Wildman–Crippen MR) is 83.6 cm³/mol. The third-order valence-electron chi connectivity index (χ3n) is 4.65. The summed E-state index contributed by atoms with van der Waals surface area (Å²) in [4.78, 5) is 14.9. The van der Waals surface area contributed by atoms with Crippen LogP contribution < -0.4 is 0 Å². The van der Waals surface area contributed by atoms with E-state index in [2.05, 4.69) is 11.8 Å². The van der Waals surface area contributed by atoms with E-state index in [1.54, 1.807) is 11.8 Å². The highest BCUT2D eigenvalue weighted by molar-refractivity contribution is 7.99. The molecule has 0 unspecified atom stereocenters. The molecular formula is C16H29NOS. The number of amides is 1. The summed E-state index contributed by atoms with van der Waals surface area (Å²) in [7, 11) is 0. The van der Waals surface area contributed by atoms with Crippen molar-refractivity contribution in [2.24, 2.45) is 0 Å². The molecule has 0 aromatic carbocycles. The van der Waals surface area contributed by atoms with Crippen LogP contribution in [0.2, 0.25) is 0 Å². The van der Waals surface area contributed by atoms with Crippen molar-refractivity contribution in [1.29, 1.82) is 0 Å². The smallest absolute Gasteiger partial charge is 0.233 e. The number of rotatable bonds is 5. The highest BCUT2D eigenvalue weighted by atomic mass is 32.2. The van der Waals surface area contributed by atoms with Crippen LogP contribution in [0, 0.1) is 0 Å². The Bertz CT molecular complexity index is 252. The summed E-state index contributed by atoms with van der Waals surface area (Å²) in [5.41, 5.74) is 0. The van der Waals surface area contributed by atoms with Gasteiger partial charge in [-0.05, 0) is 31.4 Å². The number of carbonyl (C=O) groups is 1. The molecule has 110 valence electrons. The van der Waals surface area contributed by atoms with Crippen molar-refractivity contribution in [2.45, 2.75) is 83.2 Å². The minimum Gasteiger partial charge on any atom is -0.336 e. The number of hydrogen-bond acceptors (Lipinski definition) is 2. The van der Waals surface area contributed by atoms with E-state index in [1.807, 2.05) is 0 Å². The van der Waals surface area contributed by atoms with Crippen LogP contribution in [-0.2, 0) is 4.79 Å². The minimum atomic E-state index is 0.422. The number of carbonyl (C=O) groups excluding carboxylic acids is 1. The van der Waals surface area contributed by atoms with Crippen LogP contribution in [0.3, 0.4) is 0 Å². The van der Waals surface area contributed by atoms with Crippen LogP contribution in [-0.4, -0.2) is 34.4 Å². The summed E-state index contributed by atoms with van der Waals surface area (Å²) in [6.07, 6.45) is 13.0. The monoisotopic (exact) mass is 283 g/mol. The topological polar surface area (TPSA) is 20.3 Å². The maximum atomic E-state index is 12.6. The molecule has 2 fully saturated rings. The van der Waals surface area contributed by atoms with Gasteiger partial charge in [0.25, 0.3) is 0 Å². The van der Waals surface area contributed by atoms with Crippen LogP contribution in [0.1, 0.15) is 71.1 Å². The fourth-order valence-electron chi connectivity index (χ4n) is 3.69. The molecule has 0 atom stereocenters. The van der Waals surface area contributed by atoms with Crippen LogP contribution in [0.25, 0.3) is 0 Å². The van der Waals surface area contributed by atoms with Crippen LogP contribution in [0.5, 0.6) is 0 Å². The van der Waals surface area contributed by atoms with Crippen LogP contribution in [0.4, 0.5) is 0 Å². The van der Waals surface area contributed by atoms with E-state index in [-0.39, 0.29) is 0 Å². The van der Waals surface area contributed by atoms with Gasteiger partial charge in [0.2, 0.25) is 5.91 Å². The largest absolute Gasteiger partial charge is 0.336 e. The van der Waals surface area contributed by atoms with E-state index in [0.29, 0.717) is 23.7 Å². The van der Waals surface area contributed by atoms with E-state index in [0.717, 1.165) is 5.75 Å². The molecule has 0 aromatic rings. The SMILES string of the molecule is CCSCC(=O)N(C1CCCCC1)C1CCCCC1. The number of hydrogen-bond donors (Lipinski definition) is 0. The van der Waals surface area contributed by atoms with Crippen molar-refractivity contribution in [1.82, 2.24) is 4.90 Å². The Hall–Kier alpha value is -0.180. The highest BCUT2D eigenvalue weighted by Crippen LogP contribution is 2.30. The van der Waals surface area contributed by atoms with Crippen molar-refractivity contribution in [3.8, 4) is 0 Å². The van der Waals surface area contributed by atoms with E-state index in [1.165, 1.54) is 64.2 Å². The summed E-state index contributed by atoms with van der Waals surface area (Å²) in [6, 6.07) is 1.11. The van der Waals surface area contributed by atoms with Crippen molar-refractivity contribution in [3.05, 3.63) is 0 Å². The first-order valence-corrected chi connectivity index (χ1v) is 9.37.